The van der Waals surface area contributed by atoms with E-state index in [-0.39, 0.29) is 18.0 Å². The zero-order chi connectivity index (χ0) is 28.9. The van der Waals surface area contributed by atoms with Crippen LogP contribution in [0.25, 0.3) is 16.9 Å². The molecule has 40 heavy (non-hydrogen) atoms. The van der Waals surface area contributed by atoms with Crippen molar-refractivity contribution >= 4 is 6.21 Å². The number of ether oxygens (including phenoxy) is 6. The van der Waals surface area contributed by atoms with E-state index in [4.69, 9.17) is 28.5 Å². The minimum atomic E-state index is -4.75. The zero-order valence-corrected chi connectivity index (χ0v) is 22.5. The molecule has 1 aliphatic rings. The molecule has 2 aromatic carbocycles. The molecule has 0 saturated carbocycles. The van der Waals surface area contributed by atoms with Crippen LogP contribution in [0.4, 0.5) is 13.2 Å². The van der Waals surface area contributed by atoms with Crippen molar-refractivity contribution in [3.05, 3.63) is 60.6 Å². The first kappa shape index (κ1) is 29.3. The van der Waals surface area contributed by atoms with E-state index in [2.05, 4.69) is 14.9 Å². The lowest BCUT2D eigenvalue weighted by molar-refractivity contribution is -0.305. The number of aromatic nitrogens is 2. The molecule has 1 saturated heterocycles. The Balaban J connectivity index is 1.50. The summed E-state index contributed by atoms with van der Waals surface area (Å²) in [5.74, 6) is 0.241. The lowest BCUT2D eigenvalue weighted by Crippen LogP contribution is -2.59. The molecule has 1 aromatic heterocycles. The number of benzene rings is 2. The van der Waals surface area contributed by atoms with Gasteiger partial charge in [-0.05, 0) is 49.4 Å². The molecule has 0 unspecified atom stereocenters. The van der Waals surface area contributed by atoms with E-state index in [1.54, 1.807) is 37.4 Å². The summed E-state index contributed by atoms with van der Waals surface area (Å²) in [6, 6.07) is 10.9. The number of imidazole rings is 1. The molecule has 0 amide bonds. The summed E-state index contributed by atoms with van der Waals surface area (Å²) in [6.45, 7) is 1.85. The maximum Gasteiger partial charge on any atom is 0.573 e. The van der Waals surface area contributed by atoms with Gasteiger partial charge in [0.1, 0.15) is 23.7 Å². The Kier molecular flexibility index (Phi) is 9.30. The number of hydrogen-bond donors (Lipinski definition) is 0. The molecule has 0 N–H and O–H groups in total. The molecule has 4 rings (SSSR count). The molecule has 0 radical (unpaired) electrons. The summed E-state index contributed by atoms with van der Waals surface area (Å²) in [6.07, 6.45) is -2.50. The standard InChI is InChI=1S/C27H30F3N3O7/c1-16-23(35-3)24(36-4)25(37-5)26(38-16)40-32-13-18-12-17(6-11-22(18)34-2)21-14-33(15-31-21)19-7-9-20(10-8-19)39-27(28,29)30/h6-16,23-26H,1-5H3/b32-13+/t16-,23-,24+,25+,26-/m0/s1. The third-order valence-electron chi connectivity index (χ3n) is 6.38. The Labute approximate surface area is 229 Å². The molecule has 2 heterocycles. The molecular weight excluding hydrogens is 535 g/mol. The lowest BCUT2D eigenvalue weighted by atomic mass is 9.99. The van der Waals surface area contributed by atoms with Gasteiger partial charge in [0.25, 0.3) is 6.29 Å². The van der Waals surface area contributed by atoms with Gasteiger partial charge in [0, 0.05) is 44.3 Å². The fourth-order valence-electron chi connectivity index (χ4n) is 4.47. The molecule has 216 valence electrons. The smallest absolute Gasteiger partial charge is 0.496 e. The minimum Gasteiger partial charge on any atom is -0.496 e. The van der Waals surface area contributed by atoms with Gasteiger partial charge in [-0.2, -0.15) is 0 Å². The van der Waals surface area contributed by atoms with Crippen molar-refractivity contribution < 1.29 is 46.4 Å². The quantitative estimate of drug-likeness (QED) is 0.260. The van der Waals surface area contributed by atoms with Crippen LogP contribution in [0.3, 0.4) is 0 Å². The van der Waals surface area contributed by atoms with Crippen LogP contribution in [0.1, 0.15) is 12.5 Å². The van der Waals surface area contributed by atoms with Crippen LogP contribution in [0, 0.1) is 0 Å². The third kappa shape index (κ3) is 6.73. The van der Waals surface area contributed by atoms with Gasteiger partial charge in [-0.1, -0.05) is 5.16 Å². The second-order valence-corrected chi connectivity index (χ2v) is 8.82. The summed E-state index contributed by atoms with van der Waals surface area (Å²) in [5.41, 5.74) is 2.58. The van der Waals surface area contributed by atoms with E-state index < -0.39 is 24.9 Å². The molecule has 0 spiro atoms. The molecule has 1 aliphatic heterocycles. The molecule has 0 aliphatic carbocycles. The first-order valence-electron chi connectivity index (χ1n) is 12.2. The van der Waals surface area contributed by atoms with Crippen molar-refractivity contribution in [1.29, 1.82) is 0 Å². The number of alkyl halides is 3. The van der Waals surface area contributed by atoms with Gasteiger partial charge in [0.2, 0.25) is 0 Å². The number of halogens is 3. The monoisotopic (exact) mass is 565 g/mol. The average Bonchev–Trinajstić information content (AvgIpc) is 3.42. The largest absolute Gasteiger partial charge is 0.573 e. The van der Waals surface area contributed by atoms with E-state index in [9.17, 15) is 13.2 Å². The van der Waals surface area contributed by atoms with Gasteiger partial charge in [-0.15, -0.1) is 13.2 Å². The van der Waals surface area contributed by atoms with Crippen LogP contribution >= 0.6 is 0 Å². The summed E-state index contributed by atoms with van der Waals surface area (Å²) in [4.78, 5) is 10.1. The van der Waals surface area contributed by atoms with Crippen LogP contribution in [0.2, 0.25) is 0 Å². The Hall–Kier alpha value is -3.65. The lowest BCUT2D eigenvalue weighted by Gasteiger charge is -2.42. The maximum atomic E-state index is 12.4. The number of methoxy groups -OCH3 is 4. The van der Waals surface area contributed by atoms with E-state index in [0.29, 0.717) is 22.7 Å². The van der Waals surface area contributed by atoms with Gasteiger partial charge in [0.05, 0.1) is 31.4 Å². The molecular formula is C27H30F3N3O7. The van der Waals surface area contributed by atoms with Crippen LogP contribution in [0.15, 0.2) is 60.1 Å². The average molecular weight is 566 g/mol. The molecule has 1 fully saturated rings. The highest BCUT2D eigenvalue weighted by Crippen LogP contribution is 2.29. The highest BCUT2D eigenvalue weighted by atomic mass is 19.4. The van der Waals surface area contributed by atoms with Gasteiger partial charge in [-0.3, -0.25) is 0 Å². The number of hydrogen-bond acceptors (Lipinski definition) is 9. The highest BCUT2D eigenvalue weighted by molar-refractivity contribution is 5.85. The maximum absolute atomic E-state index is 12.4. The van der Waals surface area contributed by atoms with Crippen molar-refractivity contribution in [2.75, 3.05) is 28.4 Å². The van der Waals surface area contributed by atoms with Gasteiger partial charge < -0.3 is 37.8 Å². The summed E-state index contributed by atoms with van der Waals surface area (Å²) < 4.78 is 70.9. The Morgan fingerprint density at radius 3 is 2.27 bits per heavy atom. The second-order valence-electron chi connectivity index (χ2n) is 8.82. The molecule has 10 nitrogen and oxygen atoms in total. The predicted molar refractivity (Wildman–Crippen MR) is 138 cm³/mol. The van der Waals surface area contributed by atoms with Crippen molar-refractivity contribution in [2.24, 2.45) is 5.16 Å². The third-order valence-corrected chi connectivity index (χ3v) is 6.38. The van der Waals surface area contributed by atoms with E-state index in [0.717, 1.165) is 5.56 Å². The van der Waals surface area contributed by atoms with Crippen LogP contribution in [0.5, 0.6) is 11.5 Å². The molecule has 3 aromatic rings. The Morgan fingerprint density at radius 2 is 1.65 bits per heavy atom. The molecule has 0 bridgehead atoms. The van der Waals surface area contributed by atoms with E-state index >= 15 is 0 Å². The number of oxime groups is 1. The Morgan fingerprint density at radius 1 is 0.950 bits per heavy atom. The highest BCUT2D eigenvalue weighted by Gasteiger charge is 2.47. The van der Waals surface area contributed by atoms with Crippen molar-refractivity contribution in [3.63, 3.8) is 0 Å². The number of nitrogens with zero attached hydrogens (tertiary/aromatic N) is 3. The van der Waals surface area contributed by atoms with E-state index in [1.165, 1.54) is 44.7 Å². The van der Waals surface area contributed by atoms with Gasteiger partial charge in [0.15, 0.2) is 6.10 Å². The predicted octanol–water partition coefficient (Wildman–Crippen LogP) is 4.59. The molecule has 5 atom stereocenters. The van der Waals surface area contributed by atoms with E-state index in [1.807, 2.05) is 19.1 Å². The fraction of sp³-hybridized carbons (Fsp3) is 0.407. The van der Waals surface area contributed by atoms with Crippen LogP contribution < -0.4 is 9.47 Å². The summed E-state index contributed by atoms with van der Waals surface area (Å²) in [7, 11) is 6.21. The normalized spacial score (nSPS) is 23.4. The molecule has 13 heteroatoms. The van der Waals surface area contributed by atoms with Crippen LogP contribution in [-0.4, -0.2) is 81.3 Å². The number of rotatable bonds is 10. The zero-order valence-electron chi connectivity index (χ0n) is 22.5. The van der Waals surface area contributed by atoms with Crippen molar-refractivity contribution in [3.8, 4) is 28.4 Å². The SMILES string of the molecule is COc1ccc(-c2cn(-c3ccc(OC(F)(F)F)cc3)cn2)cc1/C=N/O[C@@H]1O[C@@H](C)[C@H](OC)[C@@H](OC)[C@H]1OC. The first-order chi connectivity index (χ1) is 19.2. The summed E-state index contributed by atoms with van der Waals surface area (Å²) in [5, 5.41) is 4.12. The second kappa shape index (κ2) is 12.7. The van der Waals surface area contributed by atoms with Crippen molar-refractivity contribution in [1.82, 2.24) is 9.55 Å². The van der Waals surface area contributed by atoms with Gasteiger partial charge in [-0.25, -0.2) is 4.98 Å². The summed E-state index contributed by atoms with van der Waals surface area (Å²) >= 11 is 0. The Bertz CT molecular complexity index is 1280. The minimum absolute atomic E-state index is 0.306. The first-order valence-corrected chi connectivity index (χ1v) is 12.2. The topological polar surface area (TPSA) is 94.8 Å². The fourth-order valence-corrected chi connectivity index (χ4v) is 4.47. The van der Waals surface area contributed by atoms with Gasteiger partial charge >= 0.3 is 6.36 Å². The van der Waals surface area contributed by atoms with Crippen LogP contribution in [-0.2, 0) is 23.8 Å². The van der Waals surface area contributed by atoms with Crippen molar-refractivity contribution in [2.45, 2.75) is 44.0 Å².